The van der Waals surface area contributed by atoms with Crippen molar-refractivity contribution in [1.29, 1.82) is 0 Å². The summed E-state index contributed by atoms with van der Waals surface area (Å²) in [4.78, 5) is 25.5. The number of hydrogen-bond donors (Lipinski definition) is 1. The fourth-order valence-corrected chi connectivity index (χ4v) is 6.30. The first-order valence-electron chi connectivity index (χ1n) is 10.8. The summed E-state index contributed by atoms with van der Waals surface area (Å²) in [6.07, 6.45) is 10.7. The lowest BCUT2D eigenvalue weighted by Crippen LogP contribution is -2.46. The molecule has 5 atom stereocenters. The normalized spacial score (nSPS) is 29.4. The highest BCUT2D eigenvalue weighted by Gasteiger charge is 2.48. The van der Waals surface area contributed by atoms with Gasteiger partial charge in [0.15, 0.2) is 0 Å². The Morgan fingerprint density at radius 2 is 1.81 bits per heavy atom. The number of carboxylic acid groups (broad SMARTS) is 1. The van der Waals surface area contributed by atoms with Crippen LogP contribution in [0.2, 0.25) is 0 Å². The second kappa shape index (κ2) is 6.54. The molecule has 4 aliphatic rings. The van der Waals surface area contributed by atoms with Crippen molar-refractivity contribution in [2.45, 2.75) is 30.7 Å². The van der Waals surface area contributed by atoms with Crippen LogP contribution in [0.1, 0.15) is 57.8 Å². The summed E-state index contributed by atoms with van der Waals surface area (Å²) in [6, 6.07) is 10.8. The third-order valence-corrected chi connectivity index (χ3v) is 7.52. The maximum atomic E-state index is 11.9. The number of nitro benzene ring substituents is 1. The van der Waals surface area contributed by atoms with Gasteiger partial charge in [-0.15, -0.1) is 0 Å². The molecule has 0 unspecified atom stereocenters. The molecule has 6 rings (SSSR count). The lowest BCUT2D eigenvalue weighted by molar-refractivity contribution is -0.384. The Morgan fingerprint density at radius 3 is 2.58 bits per heavy atom. The Kier molecular flexibility index (Phi) is 3.88. The average molecular weight is 414 g/mol. The van der Waals surface area contributed by atoms with Gasteiger partial charge in [0.1, 0.15) is 0 Å². The van der Waals surface area contributed by atoms with E-state index in [1.165, 1.54) is 0 Å². The minimum absolute atomic E-state index is 0.0309. The van der Waals surface area contributed by atoms with E-state index >= 15 is 0 Å². The molecule has 0 bridgehead atoms. The molecule has 6 heteroatoms. The van der Waals surface area contributed by atoms with Crippen LogP contribution in [0.15, 0.2) is 60.7 Å². The predicted molar refractivity (Wildman–Crippen MR) is 117 cm³/mol. The van der Waals surface area contributed by atoms with Crippen molar-refractivity contribution in [3.05, 3.63) is 93.1 Å². The molecule has 2 aromatic carbocycles. The van der Waals surface area contributed by atoms with E-state index in [9.17, 15) is 20.0 Å². The number of hydrogen-bond acceptors (Lipinski definition) is 4. The third kappa shape index (κ3) is 2.60. The minimum atomic E-state index is -0.894. The van der Waals surface area contributed by atoms with Gasteiger partial charge in [0.2, 0.25) is 0 Å². The van der Waals surface area contributed by atoms with Gasteiger partial charge in [-0.1, -0.05) is 36.4 Å². The number of aromatic carboxylic acids is 1. The Hall–Kier alpha value is -3.41. The molecule has 0 saturated carbocycles. The van der Waals surface area contributed by atoms with E-state index in [1.54, 1.807) is 18.2 Å². The van der Waals surface area contributed by atoms with Gasteiger partial charge in [0, 0.05) is 36.2 Å². The highest BCUT2D eigenvalue weighted by Crippen LogP contribution is 2.59. The number of allylic oxidation sites excluding steroid dienone is 4. The number of benzene rings is 2. The molecule has 6 nitrogen and oxygen atoms in total. The standard InChI is InChI=1S/C25H22N2O4/c28-25(29)16-11-21-18-7-2-5-15(18)13-26-23(14-4-1-6-17(10-14)27(30)31)20-9-3-8-19(20)22(12-16)24(21)26/h1-4,6-8,10-12,15,18-20,23H,5,9,13H2,(H,28,29)/t15-,18-,19+,20+,23+/m1/s1. The first-order valence-corrected chi connectivity index (χ1v) is 10.8. The maximum Gasteiger partial charge on any atom is 0.335 e. The fraction of sp³-hybridized carbons (Fsp3) is 0.320. The summed E-state index contributed by atoms with van der Waals surface area (Å²) in [6.45, 7) is 0.876. The zero-order valence-electron chi connectivity index (χ0n) is 16.8. The number of carboxylic acids is 1. The summed E-state index contributed by atoms with van der Waals surface area (Å²) in [5.74, 6) is 0.0929. The van der Waals surface area contributed by atoms with Crippen molar-refractivity contribution in [1.82, 2.24) is 0 Å². The van der Waals surface area contributed by atoms with Crippen molar-refractivity contribution in [3.63, 3.8) is 0 Å². The highest BCUT2D eigenvalue weighted by atomic mass is 16.6. The molecule has 2 aromatic rings. The molecular weight excluding hydrogens is 392 g/mol. The van der Waals surface area contributed by atoms with Gasteiger partial charge in [-0.25, -0.2) is 4.79 Å². The van der Waals surface area contributed by atoms with E-state index in [2.05, 4.69) is 29.2 Å². The van der Waals surface area contributed by atoms with E-state index in [4.69, 9.17) is 0 Å². The van der Waals surface area contributed by atoms with Crippen molar-refractivity contribution in [3.8, 4) is 0 Å². The summed E-state index contributed by atoms with van der Waals surface area (Å²) in [5, 5.41) is 21.2. The number of rotatable bonds is 3. The molecule has 2 heterocycles. The number of non-ortho nitro benzene ring substituents is 1. The van der Waals surface area contributed by atoms with Gasteiger partial charge in [-0.2, -0.15) is 0 Å². The highest BCUT2D eigenvalue weighted by molar-refractivity contribution is 5.90. The molecule has 0 aromatic heterocycles. The molecule has 2 aliphatic heterocycles. The number of carbonyl (C=O) groups is 1. The molecule has 2 aliphatic carbocycles. The summed E-state index contributed by atoms with van der Waals surface area (Å²) < 4.78 is 0. The van der Waals surface area contributed by atoms with Gasteiger partial charge >= 0.3 is 5.97 Å². The SMILES string of the molecule is O=C(O)c1cc2c3c(c1)[C@@H]1C=CC[C@@H]1CN3[C@@H](c1cccc([N+](=O)[O-])c1)[C@H]1CC=C[C@H]21. The van der Waals surface area contributed by atoms with Crippen molar-refractivity contribution >= 4 is 17.3 Å². The summed E-state index contributed by atoms with van der Waals surface area (Å²) in [7, 11) is 0. The van der Waals surface area contributed by atoms with Gasteiger partial charge in [-0.3, -0.25) is 10.1 Å². The largest absolute Gasteiger partial charge is 0.478 e. The summed E-state index contributed by atoms with van der Waals surface area (Å²) >= 11 is 0. The number of nitro groups is 1. The van der Waals surface area contributed by atoms with Crippen LogP contribution in [0.25, 0.3) is 0 Å². The second-order valence-electron chi connectivity index (χ2n) is 9.06. The van der Waals surface area contributed by atoms with Crippen LogP contribution in [0.3, 0.4) is 0 Å². The van der Waals surface area contributed by atoms with Crippen LogP contribution in [0.5, 0.6) is 0 Å². The van der Waals surface area contributed by atoms with Gasteiger partial charge in [0.05, 0.1) is 16.5 Å². The quantitative estimate of drug-likeness (QED) is 0.425. The zero-order chi connectivity index (χ0) is 21.3. The molecular formula is C25H22N2O4. The van der Waals surface area contributed by atoms with E-state index < -0.39 is 5.97 Å². The lowest BCUT2D eigenvalue weighted by atomic mass is 9.70. The first kappa shape index (κ1) is 18.4. The molecule has 0 fully saturated rings. The van der Waals surface area contributed by atoms with Gasteiger partial charge < -0.3 is 10.0 Å². The predicted octanol–water partition coefficient (Wildman–Crippen LogP) is 5.19. The first-order chi connectivity index (χ1) is 15.0. The Bertz CT molecular complexity index is 1170. The molecule has 1 N–H and O–H groups in total. The smallest absolute Gasteiger partial charge is 0.335 e. The molecule has 0 amide bonds. The third-order valence-electron chi connectivity index (χ3n) is 7.52. The van der Waals surface area contributed by atoms with Crippen molar-refractivity contribution < 1.29 is 14.8 Å². The Morgan fingerprint density at radius 1 is 1.06 bits per heavy atom. The van der Waals surface area contributed by atoms with E-state index in [0.29, 0.717) is 11.5 Å². The van der Waals surface area contributed by atoms with E-state index in [-0.39, 0.29) is 34.4 Å². The number of nitrogens with zero attached hydrogens (tertiary/aromatic N) is 2. The average Bonchev–Trinajstić information content (AvgIpc) is 3.43. The van der Waals surface area contributed by atoms with Crippen LogP contribution >= 0.6 is 0 Å². The molecule has 31 heavy (non-hydrogen) atoms. The van der Waals surface area contributed by atoms with Gasteiger partial charge in [-0.05, 0) is 53.5 Å². The van der Waals surface area contributed by atoms with Crippen LogP contribution in [-0.4, -0.2) is 22.5 Å². The maximum absolute atomic E-state index is 11.9. The van der Waals surface area contributed by atoms with E-state index in [0.717, 1.165) is 41.8 Å². The Labute approximate surface area is 179 Å². The fourth-order valence-electron chi connectivity index (χ4n) is 6.30. The van der Waals surface area contributed by atoms with Crippen LogP contribution in [0, 0.1) is 22.0 Å². The van der Waals surface area contributed by atoms with Crippen molar-refractivity contribution in [2.75, 3.05) is 11.4 Å². The molecule has 0 radical (unpaired) electrons. The molecule has 0 spiro atoms. The number of fused-ring (bicyclic) bond motifs is 4. The zero-order valence-corrected chi connectivity index (χ0v) is 16.8. The topological polar surface area (TPSA) is 83.7 Å². The Balaban J connectivity index is 1.58. The number of anilines is 1. The monoisotopic (exact) mass is 414 g/mol. The van der Waals surface area contributed by atoms with Crippen LogP contribution in [-0.2, 0) is 0 Å². The summed E-state index contributed by atoms with van der Waals surface area (Å²) in [5.41, 5.74) is 4.76. The van der Waals surface area contributed by atoms with Crippen LogP contribution < -0.4 is 4.90 Å². The van der Waals surface area contributed by atoms with Gasteiger partial charge in [0.25, 0.3) is 5.69 Å². The molecule has 156 valence electrons. The van der Waals surface area contributed by atoms with Crippen LogP contribution in [0.4, 0.5) is 11.4 Å². The lowest BCUT2D eigenvalue weighted by Gasteiger charge is -2.51. The second-order valence-corrected chi connectivity index (χ2v) is 9.06. The minimum Gasteiger partial charge on any atom is -0.478 e. The molecule has 0 saturated heterocycles. The van der Waals surface area contributed by atoms with Crippen molar-refractivity contribution in [2.24, 2.45) is 11.8 Å². The van der Waals surface area contributed by atoms with E-state index in [1.807, 2.05) is 18.2 Å².